The van der Waals surface area contributed by atoms with Crippen molar-refractivity contribution in [1.82, 2.24) is 10.2 Å². The fourth-order valence-electron chi connectivity index (χ4n) is 3.32. The van der Waals surface area contributed by atoms with E-state index in [-0.39, 0.29) is 5.91 Å². The molecule has 26 heavy (non-hydrogen) atoms. The number of likely N-dealkylation sites (tertiary alicyclic amines) is 1. The van der Waals surface area contributed by atoms with Crippen LogP contribution in [-0.4, -0.2) is 42.8 Å². The van der Waals surface area contributed by atoms with Gasteiger partial charge in [-0.15, -0.1) is 0 Å². The maximum atomic E-state index is 12.5. The first-order chi connectivity index (χ1) is 12.7. The van der Waals surface area contributed by atoms with E-state index in [1.807, 2.05) is 0 Å². The number of carbonyl (C=O) groups excluding carboxylic acids is 2. The predicted molar refractivity (Wildman–Crippen MR) is 105 cm³/mol. The van der Waals surface area contributed by atoms with E-state index in [2.05, 4.69) is 12.2 Å². The molecule has 2 amide bonds. The lowest BCUT2D eigenvalue weighted by atomic mass is 10.1. The van der Waals surface area contributed by atoms with Crippen molar-refractivity contribution in [1.29, 1.82) is 0 Å². The molecule has 1 aliphatic heterocycles. The quantitative estimate of drug-likeness (QED) is 0.482. The van der Waals surface area contributed by atoms with Gasteiger partial charge in [0.25, 0.3) is 0 Å². The number of hydrogen-bond acceptors (Lipinski definition) is 4. The lowest BCUT2D eigenvalue weighted by molar-refractivity contribution is -0.144. The van der Waals surface area contributed by atoms with Crippen LogP contribution >= 0.6 is 0 Å². The second-order valence-electron chi connectivity index (χ2n) is 7.24. The summed E-state index contributed by atoms with van der Waals surface area (Å²) in [6.45, 7) is 3.96. The van der Waals surface area contributed by atoms with Gasteiger partial charge in [-0.05, 0) is 32.2 Å². The molecule has 0 saturated carbocycles. The Morgan fingerprint density at radius 2 is 1.73 bits per heavy atom. The number of carbonyl (C=O) groups is 2. The smallest absolute Gasteiger partial charge is 0.409 e. The molecule has 0 unspecified atom stereocenters. The van der Waals surface area contributed by atoms with Gasteiger partial charge < -0.3 is 20.7 Å². The molecule has 0 bridgehead atoms. The van der Waals surface area contributed by atoms with E-state index in [1.54, 1.807) is 4.90 Å². The molecule has 1 saturated heterocycles. The Labute approximate surface area is 159 Å². The van der Waals surface area contributed by atoms with Gasteiger partial charge in [0.15, 0.2) is 6.23 Å². The molecule has 0 aliphatic carbocycles. The third-order valence-corrected chi connectivity index (χ3v) is 4.91. The number of amides is 2. The Balaban J connectivity index is 2.23. The summed E-state index contributed by atoms with van der Waals surface area (Å²) >= 11 is 0. The van der Waals surface area contributed by atoms with Crippen molar-refractivity contribution in [3.63, 3.8) is 0 Å². The largest absolute Gasteiger partial charge is 0.425 e. The van der Waals surface area contributed by atoms with Crippen molar-refractivity contribution in [2.24, 2.45) is 5.73 Å². The van der Waals surface area contributed by atoms with Crippen LogP contribution in [0.25, 0.3) is 0 Å². The Kier molecular flexibility index (Phi) is 13.0. The van der Waals surface area contributed by atoms with Crippen molar-refractivity contribution >= 4 is 12.0 Å². The summed E-state index contributed by atoms with van der Waals surface area (Å²) < 4.78 is 5.47. The van der Waals surface area contributed by atoms with Crippen molar-refractivity contribution < 1.29 is 14.3 Å². The normalized spacial score (nSPS) is 17.2. The molecule has 6 nitrogen and oxygen atoms in total. The van der Waals surface area contributed by atoms with Crippen LogP contribution < -0.4 is 11.1 Å². The SMILES string of the molecule is CCCCCCCCCCC(=O)N1CCCC[C@H]1OC(=O)NCCCN. The summed E-state index contributed by atoms with van der Waals surface area (Å²) in [5.41, 5.74) is 5.41. The zero-order valence-electron chi connectivity index (χ0n) is 16.6. The summed E-state index contributed by atoms with van der Waals surface area (Å²) in [4.78, 5) is 26.1. The standard InChI is InChI=1S/C20H39N3O3/c1-2-3-4-5-6-7-8-9-13-18(24)23-17-11-10-14-19(23)26-20(25)22-16-12-15-21/h19H,2-17,21H2,1H3,(H,22,25)/t19-/m1/s1. The van der Waals surface area contributed by atoms with Crippen LogP contribution in [0.3, 0.4) is 0 Å². The first kappa shape index (κ1) is 22.7. The van der Waals surface area contributed by atoms with E-state index >= 15 is 0 Å². The van der Waals surface area contributed by atoms with E-state index in [1.165, 1.54) is 38.5 Å². The second-order valence-corrected chi connectivity index (χ2v) is 7.24. The molecule has 0 aromatic rings. The highest BCUT2D eigenvalue weighted by atomic mass is 16.6. The highest BCUT2D eigenvalue weighted by molar-refractivity contribution is 5.77. The fourth-order valence-corrected chi connectivity index (χ4v) is 3.32. The van der Waals surface area contributed by atoms with Gasteiger partial charge in [-0.2, -0.15) is 0 Å². The second kappa shape index (κ2) is 14.8. The van der Waals surface area contributed by atoms with Crippen LogP contribution in [0.1, 0.15) is 90.4 Å². The van der Waals surface area contributed by atoms with Crippen LogP contribution in [0.2, 0.25) is 0 Å². The predicted octanol–water partition coefficient (Wildman–Crippen LogP) is 3.93. The summed E-state index contributed by atoms with van der Waals surface area (Å²) in [7, 11) is 0. The number of alkyl carbamates (subject to hydrolysis) is 1. The lowest BCUT2D eigenvalue weighted by Gasteiger charge is -2.35. The Bertz CT molecular complexity index is 390. The molecule has 152 valence electrons. The van der Waals surface area contributed by atoms with Crippen LogP contribution in [0.5, 0.6) is 0 Å². The average molecular weight is 370 g/mol. The molecule has 0 aromatic heterocycles. The minimum atomic E-state index is -0.449. The van der Waals surface area contributed by atoms with E-state index in [4.69, 9.17) is 10.5 Å². The van der Waals surface area contributed by atoms with Crippen molar-refractivity contribution in [2.75, 3.05) is 19.6 Å². The number of piperidine rings is 1. The van der Waals surface area contributed by atoms with Gasteiger partial charge in [0, 0.05) is 25.9 Å². The zero-order chi connectivity index (χ0) is 19.0. The van der Waals surface area contributed by atoms with Gasteiger partial charge in [-0.25, -0.2) is 4.79 Å². The molecule has 0 aromatic carbocycles. The molecular formula is C20H39N3O3. The third kappa shape index (κ3) is 10.00. The highest BCUT2D eigenvalue weighted by Gasteiger charge is 2.29. The Hall–Kier alpha value is -1.30. The maximum Gasteiger partial charge on any atom is 0.409 e. The number of rotatable bonds is 13. The fraction of sp³-hybridized carbons (Fsp3) is 0.900. The molecule has 1 aliphatic rings. The average Bonchev–Trinajstić information content (AvgIpc) is 2.64. The van der Waals surface area contributed by atoms with Crippen LogP contribution in [0.4, 0.5) is 4.79 Å². The highest BCUT2D eigenvalue weighted by Crippen LogP contribution is 2.20. The molecule has 1 rings (SSSR count). The van der Waals surface area contributed by atoms with Gasteiger partial charge in [0.1, 0.15) is 0 Å². The van der Waals surface area contributed by atoms with E-state index in [0.717, 1.165) is 38.5 Å². The Morgan fingerprint density at radius 3 is 2.42 bits per heavy atom. The molecule has 3 N–H and O–H groups in total. The van der Waals surface area contributed by atoms with Crippen LogP contribution in [0.15, 0.2) is 0 Å². The van der Waals surface area contributed by atoms with Crippen LogP contribution in [0, 0.1) is 0 Å². The topological polar surface area (TPSA) is 84.7 Å². The van der Waals surface area contributed by atoms with Gasteiger partial charge in [-0.3, -0.25) is 4.79 Å². The van der Waals surface area contributed by atoms with Gasteiger partial charge >= 0.3 is 6.09 Å². The number of nitrogens with two attached hydrogens (primary N) is 1. The summed E-state index contributed by atoms with van der Waals surface area (Å²) in [6, 6.07) is 0. The third-order valence-electron chi connectivity index (χ3n) is 4.91. The number of unbranched alkanes of at least 4 members (excludes halogenated alkanes) is 7. The number of ether oxygens (including phenoxy) is 1. The monoisotopic (exact) mass is 369 g/mol. The first-order valence-corrected chi connectivity index (χ1v) is 10.6. The van der Waals surface area contributed by atoms with Gasteiger partial charge in [0.05, 0.1) is 0 Å². The summed E-state index contributed by atoms with van der Waals surface area (Å²) in [5.74, 6) is 0.121. The molecular weight excluding hydrogens is 330 g/mol. The first-order valence-electron chi connectivity index (χ1n) is 10.6. The molecule has 0 radical (unpaired) electrons. The maximum absolute atomic E-state index is 12.5. The molecule has 1 fully saturated rings. The lowest BCUT2D eigenvalue weighted by Crippen LogP contribution is -2.47. The minimum Gasteiger partial charge on any atom is -0.425 e. The molecule has 0 spiro atoms. The summed E-state index contributed by atoms with van der Waals surface area (Å²) in [5, 5.41) is 2.69. The Morgan fingerprint density at radius 1 is 1.04 bits per heavy atom. The minimum absolute atomic E-state index is 0.121. The van der Waals surface area contributed by atoms with Crippen molar-refractivity contribution in [2.45, 2.75) is 96.6 Å². The van der Waals surface area contributed by atoms with E-state index in [0.29, 0.717) is 26.1 Å². The molecule has 6 heteroatoms. The van der Waals surface area contributed by atoms with E-state index < -0.39 is 12.3 Å². The number of hydrogen-bond donors (Lipinski definition) is 2. The van der Waals surface area contributed by atoms with Crippen molar-refractivity contribution in [3.05, 3.63) is 0 Å². The van der Waals surface area contributed by atoms with Gasteiger partial charge in [-0.1, -0.05) is 51.9 Å². The number of nitrogens with one attached hydrogen (secondary N) is 1. The number of nitrogens with zero attached hydrogens (tertiary/aromatic N) is 1. The van der Waals surface area contributed by atoms with Gasteiger partial charge in [0.2, 0.25) is 5.91 Å². The van der Waals surface area contributed by atoms with Crippen LogP contribution in [-0.2, 0) is 9.53 Å². The molecule has 1 atom stereocenters. The van der Waals surface area contributed by atoms with E-state index in [9.17, 15) is 9.59 Å². The summed E-state index contributed by atoms with van der Waals surface area (Å²) in [6.07, 6.45) is 12.9. The zero-order valence-corrected chi connectivity index (χ0v) is 16.6. The molecule has 1 heterocycles. The van der Waals surface area contributed by atoms with Crippen molar-refractivity contribution in [3.8, 4) is 0 Å².